The first-order valence-corrected chi connectivity index (χ1v) is 11.4. The number of fused-ring (bicyclic) bond motifs is 2. The lowest BCUT2D eigenvalue weighted by Crippen LogP contribution is -2.43. The van der Waals surface area contributed by atoms with Gasteiger partial charge in [-0.2, -0.15) is 0 Å². The number of rotatable bonds is 3. The van der Waals surface area contributed by atoms with Crippen molar-refractivity contribution in [3.63, 3.8) is 0 Å². The number of carbonyl (C=O) groups excluding carboxylic acids is 1. The predicted octanol–water partition coefficient (Wildman–Crippen LogP) is 2.42. The summed E-state index contributed by atoms with van der Waals surface area (Å²) in [7, 11) is 0. The summed E-state index contributed by atoms with van der Waals surface area (Å²) in [5.74, 6) is -0.429. The van der Waals surface area contributed by atoms with Crippen LogP contribution in [-0.4, -0.2) is 48.1 Å². The maximum Gasteiger partial charge on any atom is 0.263 e. The molecule has 1 aliphatic carbocycles. The number of amides is 1. The van der Waals surface area contributed by atoms with E-state index in [4.69, 9.17) is 5.73 Å². The van der Waals surface area contributed by atoms with Crippen molar-refractivity contribution in [1.29, 1.82) is 0 Å². The van der Waals surface area contributed by atoms with Crippen molar-refractivity contribution in [2.75, 3.05) is 36.8 Å². The van der Waals surface area contributed by atoms with E-state index in [0.29, 0.717) is 32.9 Å². The van der Waals surface area contributed by atoms with Crippen molar-refractivity contribution in [3.8, 4) is 0 Å². The predicted molar refractivity (Wildman–Crippen MR) is 121 cm³/mol. The van der Waals surface area contributed by atoms with Crippen molar-refractivity contribution in [2.24, 2.45) is 0 Å². The lowest BCUT2D eigenvalue weighted by Gasteiger charge is -2.32. The molecule has 1 amide bonds. The van der Waals surface area contributed by atoms with E-state index >= 15 is 0 Å². The van der Waals surface area contributed by atoms with E-state index < -0.39 is 0 Å². The zero-order valence-electron chi connectivity index (χ0n) is 17.4. The van der Waals surface area contributed by atoms with Gasteiger partial charge in [0.05, 0.1) is 11.4 Å². The summed E-state index contributed by atoms with van der Waals surface area (Å²) < 4.78 is 15.0. The van der Waals surface area contributed by atoms with Crippen molar-refractivity contribution in [1.82, 2.24) is 20.6 Å². The Bertz CT molecular complexity index is 1160. The van der Waals surface area contributed by atoms with Crippen molar-refractivity contribution >= 4 is 39.0 Å². The molecule has 0 saturated carbocycles. The highest BCUT2D eigenvalue weighted by molar-refractivity contribution is 7.21. The van der Waals surface area contributed by atoms with Crippen LogP contribution in [-0.2, 0) is 12.8 Å². The summed E-state index contributed by atoms with van der Waals surface area (Å²) >= 11 is 1.25. The quantitative estimate of drug-likeness (QED) is 0.579. The highest BCUT2D eigenvalue weighted by Gasteiger charge is 2.27. The lowest BCUT2D eigenvalue weighted by molar-refractivity contribution is 0.0938. The highest BCUT2D eigenvalue weighted by atomic mass is 32.1. The third-order valence-corrected chi connectivity index (χ3v) is 7.16. The minimum atomic E-state index is -0.244. The number of nitrogens with one attached hydrogen (secondary N) is 2. The van der Waals surface area contributed by atoms with Gasteiger partial charge in [-0.25, -0.2) is 14.4 Å². The number of piperazine rings is 1. The summed E-state index contributed by atoms with van der Waals surface area (Å²) in [4.78, 5) is 24.9. The summed E-state index contributed by atoms with van der Waals surface area (Å²) in [6, 6.07) is 3.62. The van der Waals surface area contributed by atoms with Crippen LogP contribution in [0.2, 0.25) is 0 Å². The molecule has 2 aliphatic rings. The smallest absolute Gasteiger partial charge is 0.263 e. The molecule has 0 unspecified atom stereocenters. The van der Waals surface area contributed by atoms with Crippen LogP contribution in [0.1, 0.15) is 32.9 Å². The first-order chi connectivity index (χ1) is 15.0. The minimum absolute atomic E-state index is 0.133. The van der Waals surface area contributed by atoms with Gasteiger partial charge in [-0.1, -0.05) is 0 Å². The van der Waals surface area contributed by atoms with Gasteiger partial charge in [0.15, 0.2) is 0 Å². The van der Waals surface area contributed by atoms with Gasteiger partial charge in [-0.3, -0.25) is 4.79 Å². The molecule has 3 aromatic rings. The van der Waals surface area contributed by atoms with Crippen molar-refractivity contribution in [3.05, 3.63) is 45.8 Å². The molecule has 1 aromatic carbocycles. The number of hydrogen-bond donors (Lipinski definition) is 3. The van der Waals surface area contributed by atoms with Crippen LogP contribution in [0.5, 0.6) is 0 Å². The molecule has 9 heteroatoms. The van der Waals surface area contributed by atoms with E-state index in [-0.39, 0.29) is 17.8 Å². The van der Waals surface area contributed by atoms with Crippen LogP contribution >= 0.6 is 11.3 Å². The fourth-order valence-corrected chi connectivity index (χ4v) is 5.43. The number of thiophene rings is 1. The monoisotopic (exact) mass is 440 g/mol. The molecular formula is C22H25FN6OS. The molecule has 5 rings (SSSR count). The van der Waals surface area contributed by atoms with Gasteiger partial charge >= 0.3 is 0 Å². The first-order valence-electron chi connectivity index (χ1n) is 10.6. The number of hydrogen-bond acceptors (Lipinski definition) is 7. The largest absolute Gasteiger partial charge is 0.396 e. The zero-order valence-corrected chi connectivity index (χ0v) is 18.2. The van der Waals surface area contributed by atoms with Gasteiger partial charge in [-0.15, -0.1) is 11.3 Å². The van der Waals surface area contributed by atoms with Crippen molar-refractivity contribution < 1.29 is 9.18 Å². The van der Waals surface area contributed by atoms with Crippen LogP contribution in [0.4, 0.5) is 15.8 Å². The molecule has 0 radical (unpaired) electrons. The van der Waals surface area contributed by atoms with Crippen LogP contribution in [0, 0.1) is 12.7 Å². The second-order valence-electron chi connectivity index (χ2n) is 8.23. The van der Waals surface area contributed by atoms with Gasteiger partial charge < -0.3 is 21.3 Å². The number of nitrogens with two attached hydrogens (primary N) is 1. The van der Waals surface area contributed by atoms with Gasteiger partial charge in [0, 0.05) is 44.1 Å². The normalized spacial score (nSPS) is 18.8. The maximum absolute atomic E-state index is 15.0. The number of anilines is 2. The lowest BCUT2D eigenvalue weighted by atomic mass is 9.87. The average molecular weight is 441 g/mol. The van der Waals surface area contributed by atoms with E-state index in [1.807, 2.05) is 6.92 Å². The fraction of sp³-hybridized carbons (Fsp3) is 0.409. The summed E-state index contributed by atoms with van der Waals surface area (Å²) in [5.41, 5.74) is 10.6. The Morgan fingerprint density at radius 1 is 1.35 bits per heavy atom. The number of benzene rings is 1. The molecule has 1 aliphatic heterocycles. The SMILES string of the molecule is Cc1cnc2c(N)c(C(=O)N[C@@H]3CCc4cc(N5CCNCC5)cc(F)c4C3)sc2n1. The Hall–Kier alpha value is -2.78. The second-order valence-corrected chi connectivity index (χ2v) is 9.22. The molecular weight excluding hydrogens is 415 g/mol. The van der Waals surface area contributed by atoms with Gasteiger partial charge in [0.1, 0.15) is 21.0 Å². The zero-order chi connectivity index (χ0) is 21.5. The van der Waals surface area contributed by atoms with Crippen molar-refractivity contribution in [2.45, 2.75) is 32.2 Å². The molecule has 0 spiro atoms. The van der Waals surface area contributed by atoms with Gasteiger partial charge in [-0.05, 0) is 49.4 Å². The second kappa shape index (κ2) is 8.05. The van der Waals surface area contributed by atoms with E-state index in [1.54, 1.807) is 12.3 Å². The van der Waals surface area contributed by atoms with E-state index in [1.165, 1.54) is 11.3 Å². The molecule has 162 valence electrons. The Morgan fingerprint density at radius 3 is 2.97 bits per heavy atom. The number of carbonyl (C=O) groups is 1. The van der Waals surface area contributed by atoms with E-state index in [0.717, 1.165) is 56.0 Å². The third kappa shape index (κ3) is 3.83. The number of nitrogen functional groups attached to an aromatic ring is 1. The molecule has 1 fully saturated rings. The maximum atomic E-state index is 15.0. The first kappa shape index (κ1) is 20.1. The minimum Gasteiger partial charge on any atom is -0.396 e. The molecule has 1 saturated heterocycles. The van der Waals surface area contributed by atoms with Crippen LogP contribution in [0.15, 0.2) is 18.3 Å². The average Bonchev–Trinajstić information content (AvgIpc) is 3.10. The van der Waals surface area contributed by atoms with Crippen LogP contribution < -0.4 is 21.3 Å². The number of aromatic nitrogens is 2. The summed E-state index contributed by atoms with van der Waals surface area (Å²) in [5, 5.41) is 6.37. The Kier molecular flexibility index (Phi) is 5.23. The summed E-state index contributed by atoms with van der Waals surface area (Å²) in [6.07, 6.45) is 3.63. The Balaban J connectivity index is 1.33. The molecule has 3 heterocycles. The Labute approximate surface area is 183 Å². The van der Waals surface area contributed by atoms with Crippen LogP contribution in [0.3, 0.4) is 0 Å². The molecule has 2 aromatic heterocycles. The molecule has 4 N–H and O–H groups in total. The Morgan fingerprint density at radius 2 is 2.16 bits per heavy atom. The third-order valence-electron chi connectivity index (χ3n) is 6.07. The topological polar surface area (TPSA) is 96.2 Å². The standard InChI is InChI=1S/C22H25FN6OS/c1-12-11-26-19-18(24)20(31-22(19)27-12)21(30)28-14-3-2-13-8-15(10-17(23)16(13)9-14)29-6-4-25-5-7-29/h8,10-11,14,25H,2-7,9,24H2,1H3,(H,28,30)/t14-/m1/s1. The van der Waals surface area contributed by atoms with Crippen LogP contribution in [0.25, 0.3) is 10.3 Å². The van der Waals surface area contributed by atoms with Gasteiger partial charge in [0.25, 0.3) is 5.91 Å². The van der Waals surface area contributed by atoms with Gasteiger partial charge in [0.2, 0.25) is 0 Å². The summed E-state index contributed by atoms with van der Waals surface area (Å²) in [6.45, 7) is 5.45. The number of halogens is 1. The molecule has 1 atom stereocenters. The highest BCUT2D eigenvalue weighted by Crippen LogP contribution is 2.32. The fourth-order valence-electron chi connectivity index (χ4n) is 4.43. The number of nitrogens with zero attached hydrogens (tertiary/aromatic N) is 3. The molecule has 31 heavy (non-hydrogen) atoms. The molecule has 7 nitrogen and oxygen atoms in total. The van der Waals surface area contributed by atoms with E-state index in [2.05, 4.69) is 31.6 Å². The van der Waals surface area contributed by atoms with E-state index in [9.17, 15) is 9.18 Å². The number of aryl methyl sites for hydroxylation is 2. The molecule has 0 bridgehead atoms.